The first-order chi connectivity index (χ1) is 15.7. The highest BCUT2D eigenvalue weighted by Gasteiger charge is 2.62. The van der Waals surface area contributed by atoms with Crippen molar-refractivity contribution in [1.29, 1.82) is 0 Å². The van der Waals surface area contributed by atoms with Gasteiger partial charge in [-0.05, 0) is 42.2 Å². The van der Waals surface area contributed by atoms with Crippen molar-refractivity contribution in [1.82, 2.24) is 5.32 Å². The molecule has 2 aromatic rings. The van der Waals surface area contributed by atoms with Crippen molar-refractivity contribution in [2.45, 2.75) is 63.1 Å². The molecule has 0 saturated carbocycles. The van der Waals surface area contributed by atoms with E-state index in [4.69, 9.17) is 9.16 Å². The Morgan fingerprint density at radius 2 is 1.62 bits per heavy atom. The van der Waals surface area contributed by atoms with Crippen molar-refractivity contribution in [3.8, 4) is 5.75 Å². The molecule has 0 heterocycles. The van der Waals surface area contributed by atoms with Gasteiger partial charge in [0.2, 0.25) is 8.32 Å². The quantitative estimate of drug-likeness (QED) is 0.325. The summed E-state index contributed by atoms with van der Waals surface area (Å²) in [4.78, 5) is 13.0. The Morgan fingerprint density at radius 3 is 2.06 bits per heavy atom. The maximum atomic E-state index is 14.1. The molecule has 0 aromatic heterocycles. The monoisotopic (exact) mass is 493 g/mol. The van der Waals surface area contributed by atoms with E-state index in [1.54, 1.807) is 6.07 Å². The minimum atomic E-state index is -4.97. The zero-order valence-corrected chi connectivity index (χ0v) is 21.6. The van der Waals surface area contributed by atoms with Crippen LogP contribution in [0, 0.1) is 0 Å². The van der Waals surface area contributed by atoms with Crippen molar-refractivity contribution in [3.05, 3.63) is 78.4 Å². The van der Waals surface area contributed by atoms with E-state index in [0.29, 0.717) is 0 Å². The lowest BCUT2D eigenvalue weighted by atomic mass is 9.91. The average molecular weight is 494 g/mol. The predicted octanol–water partition coefficient (Wildman–Crippen LogP) is 6.39. The molecule has 0 aliphatic carbocycles. The minimum absolute atomic E-state index is 0.0506. The third-order valence-electron chi connectivity index (χ3n) is 6.36. The van der Waals surface area contributed by atoms with Crippen LogP contribution in [0.25, 0.3) is 0 Å². The van der Waals surface area contributed by atoms with Crippen molar-refractivity contribution in [2.24, 2.45) is 0 Å². The maximum absolute atomic E-state index is 14.1. The lowest BCUT2D eigenvalue weighted by molar-refractivity contribution is -0.266. The summed E-state index contributed by atoms with van der Waals surface area (Å²) in [7, 11) is -1.11. The Labute approximate surface area is 201 Å². The van der Waals surface area contributed by atoms with Gasteiger partial charge in [0.15, 0.2) is 0 Å². The number of rotatable bonds is 9. The van der Waals surface area contributed by atoms with Crippen molar-refractivity contribution in [3.63, 3.8) is 0 Å². The number of nitrogens with one attached hydrogen (secondary N) is 1. The topological polar surface area (TPSA) is 47.6 Å². The van der Waals surface area contributed by atoms with Crippen LogP contribution in [0.4, 0.5) is 13.2 Å². The molecule has 0 fully saturated rings. The summed E-state index contributed by atoms with van der Waals surface area (Å²) < 4.78 is 53.5. The van der Waals surface area contributed by atoms with Crippen LogP contribution in [0.15, 0.2) is 67.3 Å². The van der Waals surface area contributed by atoms with Gasteiger partial charge in [-0.1, -0.05) is 69.3 Å². The number of hydrogen-bond acceptors (Lipinski definition) is 3. The van der Waals surface area contributed by atoms with Crippen LogP contribution in [-0.4, -0.2) is 33.6 Å². The molecule has 0 spiro atoms. The van der Waals surface area contributed by atoms with E-state index in [2.05, 4.69) is 45.8 Å². The van der Waals surface area contributed by atoms with Gasteiger partial charge in [0.05, 0.1) is 6.04 Å². The molecule has 1 N–H and O–H groups in total. The first-order valence-electron chi connectivity index (χ1n) is 11.1. The largest absolute Gasteiger partial charge is 0.544 e. The first-order valence-corrected chi connectivity index (χ1v) is 14.0. The number of amides is 1. The van der Waals surface area contributed by atoms with Crippen LogP contribution < -0.4 is 9.74 Å². The van der Waals surface area contributed by atoms with Crippen molar-refractivity contribution >= 4 is 14.2 Å². The van der Waals surface area contributed by atoms with E-state index in [1.165, 1.54) is 30.3 Å². The second kappa shape index (κ2) is 10.4. The SMILES string of the molecule is C=C[C@H](Cc1ccc(O[Si](C)(C)C(C)(C)C)cc1)NC(=O)C(OC)(c1ccccc1)C(F)(F)F. The molecule has 8 heteroatoms. The van der Waals surface area contributed by atoms with E-state index in [0.717, 1.165) is 18.4 Å². The lowest BCUT2D eigenvalue weighted by Crippen LogP contribution is -2.57. The highest BCUT2D eigenvalue weighted by molar-refractivity contribution is 6.74. The number of benzene rings is 2. The van der Waals surface area contributed by atoms with Gasteiger partial charge in [0.25, 0.3) is 11.5 Å². The number of hydrogen-bond donors (Lipinski definition) is 1. The van der Waals surface area contributed by atoms with Gasteiger partial charge in [0.1, 0.15) is 5.75 Å². The van der Waals surface area contributed by atoms with Gasteiger partial charge in [0, 0.05) is 12.7 Å². The summed E-state index contributed by atoms with van der Waals surface area (Å²) in [6, 6.07) is 13.5. The van der Waals surface area contributed by atoms with Crippen molar-refractivity contribution in [2.75, 3.05) is 7.11 Å². The molecule has 2 atom stereocenters. The fraction of sp³-hybridized carbons (Fsp3) is 0.423. The van der Waals surface area contributed by atoms with Gasteiger partial charge in [-0.15, -0.1) is 6.58 Å². The molecule has 4 nitrogen and oxygen atoms in total. The summed E-state index contributed by atoms with van der Waals surface area (Å²) >= 11 is 0. The molecular formula is C26H34F3NO3Si. The Kier molecular flexibility index (Phi) is 8.42. The standard InChI is InChI=1S/C26H34F3NO3Si/c1-8-21(18-19-14-16-22(17-15-19)33-34(6,7)24(2,3)4)30-23(31)25(32-5,26(27,28)29)20-12-10-9-11-13-20/h8-17,21H,1,18H2,2-7H3,(H,30,31)/t21-,25?/m1/s1. The molecule has 2 rings (SSSR count). The van der Waals surface area contributed by atoms with E-state index < -0.39 is 32.0 Å². The van der Waals surface area contributed by atoms with Crippen LogP contribution in [0.2, 0.25) is 18.1 Å². The van der Waals surface area contributed by atoms with Crippen LogP contribution in [-0.2, 0) is 21.6 Å². The Hall–Kier alpha value is -2.58. The zero-order chi connectivity index (χ0) is 25.8. The Bertz CT molecular complexity index is 970. The highest BCUT2D eigenvalue weighted by Crippen LogP contribution is 2.42. The molecule has 0 aliphatic heterocycles. The maximum Gasteiger partial charge on any atom is 0.430 e. The molecular weight excluding hydrogens is 459 g/mol. The van der Waals surface area contributed by atoms with Crippen LogP contribution in [0.1, 0.15) is 31.9 Å². The highest BCUT2D eigenvalue weighted by atomic mass is 28.4. The van der Waals surface area contributed by atoms with E-state index in [-0.39, 0.29) is 17.0 Å². The second-order valence-corrected chi connectivity index (χ2v) is 14.5. The number of carbonyl (C=O) groups is 1. The summed E-state index contributed by atoms with van der Waals surface area (Å²) in [5.41, 5.74) is -2.60. The van der Waals surface area contributed by atoms with E-state index >= 15 is 0 Å². The van der Waals surface area contributed by atoms with Gasteiger partial charge in [-0.3, -0.25) is 4.79 Å². The molecule has 186 valence electrons. The van der Waals surface area contributed by atoms with Gasteiger partial charge in [-0.25, -0.2) is 0 Å². The van der Waals surface area contributed by atoms with Crippen LogP contribution >= 0.6 is 0 Å². The molecule has 0 saturated heterocycles. The number of halogens is 3. The van der Waals surface area contributed by atoms with Crippen molar-refractivity contribution < 1.29 is 27.1 Å². The molecule has 1 amide bonds. The van der Waals surface area contributed by atoms with E-state index in [1.807, 2.05) is 24.3 Å². The minimum Gasteiger partial charge on any atom is -0.544 e. The van der Waals surface area contributed by atoms with Gasteiger partial charge >= 0.3 is 6.18 Å². The summed E-state index contributed by atoms with van der Waals surface area (Å²) in [6.07, 6.45) is -3.29. The molecule has 1 unspecified atom stereocenters. The third-order valence-corrected chi connectivity index (χ3v) is 10.7. The second-order valence-electron chi connectivity index (χ2n) is 9.78. The molecule has 0 radical (unpaired) electrons. The number of methoxy groups -OCH3 is 1. The molecule has 34 heavy (non-hydrogen) atoms. The normalized spacial score (nSPS) is 15.2. The zero-order valence-electron chi connectivity index (χ0n) is 20.6. The summed E-state index contributed by atoms with van der Waals surface area (Å²) in [6.45, 7) is 14.5. The number of carbonyl (C=O) groups excluding carboxylic acids is 1. The van der Waals surface area contributed by atoms with Crippen LogP contribution in [0.3, 0.4) is 0 Å². The fourth-order valence-electron chi connectivity index (χ4n) is 3.28. The predicted molar refractivity (Wildman–Crippen MR) is 131 cm³/mol. The Morgan fingerprint density at radius 1 is 1.06 bits per heavy atom. The summed E-state index contributed by atoms with van der Waals surface area (Å²) in [5, 5.41) is 2.51. The fourth-order valence-corrected chi connectivity index (χ4v) is 4.31. The average Bonchev–Trinajstić information content (AvgIpc) is 2.74. The van der Waals surface area contributed by atoms with Crippen LogP contribution in [0.5, 0.6) is 5.75 Å². The number of ether oxygens (including phenoxy) is 1. The van der Waals surface area contributed by atoms with Gasteiger partial charge in [-0.2, -0.15) is 13.2 Å². The molecule has 0 bridgehead atoms. The summed E-state index contributed by atoms with van der Waals surface area (Å²) in [5.74, 6) is -0.550. The van der Waals surface area contributed by atoms with Gasteiger partial charge < -0.3 is 14.5 Å². The first kappa shape index (κ1) is 27.7. The van der Waals surface area contributed by atoms with E-state index in [9.17, 15) is 18.0 Å². The molecule has 0 aliphatic rings. The molecule has 2 aromatic carbocycles. The lowest BCUT2D eigenvalue weighted by Gasteiger charge is -2.36. The Balaban J connectivity index is 2.21. The number of alkyl halides is 3. The third kappa shape index (κ3) is 5.91. The smallest absolute Gasteiger partial charge is 0.430 e.